The van der Waals surface area contributed by atoms with Crippen LogP contribution in [0.25, 0.3) is 22.4 Å². The number of esters is 1. The molecule has 7 heteroatoms. The van der Waals surface area contributed by atoms with Gasteiger partial charge in [-0.25, -0.2) is 9.48 Å². The molecule has 1 aromatic heterocycles. The second-order valence-corrected chi connectivity index (χ2v) is 8.13. The van der Waals surface area contributed by atoms with Crippen molar-refractivity contribution in [3.63, 3.8) is 0 Å². The number of carbonyl (C=O) groups is 2. The number of hydrogen-bond acceptors (Lipinski definition) is 5. The van der Waals surface area contributed by atoms with Crippen LogP contribution >= 0.6 is 0 Å². The number of hydrogen-bond donors (Lipinski definition) is 1. The highest BCUT2D eigenvalue weighted by molar-refractivity contribution is 6.01. The molecule has 3 aromatic carbocycles. The third kappa shape index (κ3) is 5.04. The first-order valence-corrected chi connectivity index (χ1v) is 11.1. The van der Waals surface area contributed by atoms with Gasteiger partial charge in [-0.15, -0.1) is 0 Å². The SMILES string of the molecule is COC(=O)c1c(-c2ccccc2)c(-c2ccccc2)nn(CC(=O)Nc2ccc(C)c(C)c2)c1=O. The van der Waals surface area contributed by atoms with Gasteiger partial charge in [-0.1, -0.05) is 66.7 Å². The van der Waals surface area contributed by atoms with Crippen LogP contribution in [0.4, 0.5) is 5.69 Å². The minimum atomic E-state index is -0.795. The first kappa shape index (κ1) is 23.6. The number of rotatable bonds is 6. The summed E-state index contributed by atoms with van der Waals surface area (Å²) in [5, 5.41) is 7.34. The summed E-state index contributed by atoms with van der Waals surface area (Å²) in [7, 11) is 1.22. The van der Waals surface area contributed by atoms with E-state index in [1.54, 1.807) is 18.2 Å². The topological polar surface area (TPSA) is 90.3 Å². The first-order chi connectivity index (χ1) is 16.9. The summed E-state index contributed by atoms with van der Waals surface area (Å²) in [6.45, 7) is 3.57. The van der Waals surface area contributed by atoms with E-state index in [1.165, 1.54) is 7.11 Å². The van der Waals surface area contributed by atoms with Crippen molar-refractivity contribution >= 4 is 17.6 Å². The van der Waals surface area contributed by atoms with Gasteiger partial charge in [-0.2, -0.15) is 5.10 Å². The van der Waals surface area contributed by atoms with Crippen LogP contribution in [0.15, 0.2) is 83.7 Å². The number of nitrogens with one attached hydrogen (secondary N) is 1. The fraction of sp³-hybridized carbons (Fsp3) is 0.143. The molecule has 176 valence electrons. The Bertz CT molecular complexity index is 1440. The number of carbonyl (C=O) groups excluding carboxylic acids is 2. The molecule has 4 aromatic rings. The van der Waals surface area contributed by atoms with Crippen LogP contribution in [0.1, 0.15) is 21.5 Å². The predicted octanol–water partition coefficient (Wildman–Crippen LogP) is 4.62. The average Bonchev–Trinajstić information content (AvgIpc) is 2.87. The number of nitrogens with zero attached hydrogens (tertiary/aromatic N) is 2. The van der Waals surface area contributed by atoms with Crippen molar-refractivity contribution in [1.82, 2.24) is 9.78 Å². The average molecular weight is 468 g/mol. The number of benzene rings is 3. The zero-order valence-electron chi connectivity index (χ0n) is 19.7. The highest BCUT2D eigenvalue weighted by Gasteiger charge is 2.26. The molecule has 0 unspecified atom stereocenters. The normalized spacial score (nSPS) is 10.6. The summed E-state index contributed by atoms with van der Waals surface area (Å²) in [6, 6.07) is 23.8. The molecule has 7 nitrogen and oxygen atoms in total. The third-order valence-electron chi connectivity index (χ3n) is 5.74. The van der Waals surface area contributed by atoms with Crippen molar-refractivity contribution in [1.29, 1.82) is 0 Å². The van der Waals surface area contributed by atoms with Gasteiger partial charge < -0.3 is 10.1 Å². The van der Waals surface area contributed by atoms with E-state index >= 15 is 0 Å². The molecule has 35 heavy (non-hydrogen) atoms. The van der Waals surface area contributed by atoms with Crippen molar-refractivity contribution in [2.24, 2.45) is 0 Å². The van der Waals surface area contributed by atoms with Crippen LogP contribution < -0.4 is 10.9 Å². The molecule has 0 saturated heterocycles. The van der Waals surface area contributed by atoms with Gasteiger partial charge in [0.2, 0.25) is 5.91 Å². The molecular weight excluding hydrogens is 442 g/mol. The van der Waals surface area contributed by atoms with Crippen molar-refractivity contribution in [3.8, 4) is 22.4 Å². The van der Waals surface area contributed by atoms with Gasteiger partial charge in [0.15, 0.2) is 0 Å². The van der Waals surface area contributed by atoms with Crippen molar-refractivity contribution < 1.29 is 14.3 Å². The summed E-state index contributed by atoms with van der Waals surface area (Å²) in [6.07, 6.45) is 0. The van der Waals surface area contributed by atoms with E-state index in [0.29, 0.717) is 28.1 Å². The van der Waals surface area contributed by atoms with E-state index in [9.17, 15) is 14.4 Å². The molecule has 0 spiro atoms. The number of ether oxygens (including phenoxy) is 1. The molecule has 0 saturated carbocycles. The van der Waals surface area contributed by atoms with E-state index in [4.69, 9.17) is 4.74 Å². The van der Waals surface area contributed by atoms with Crippen LogP contribution in [0.3, 0.4) is 0 Å². The van der Waals surface area contributed by atoms with Crippen molar-refractivity contribution in [2.45, 2.75) is 20.4 Å². The van der Waals surface area contributed by atoms with Gasteiger partial charge in [-0.05, 0) is 42.7 Å². The van der Waals surface area contributed by atoms with Crippen molar-refractivity contribution in [3.05, 3.63) is 106 Å². The Balaban J connectivity index is 1.85. The van der Waals surface area contributed by atoms with Gasteiger partial charge >= 0.3 is 5.97 Å². The number of aromatic nitrogens is 2. The molecule has 0 radical (unpaired) electrons. The smallest absolute Gasteiger partial charge is 0.344 e. The minimum absolute atomic E-state index is 0.175. The number of methoxy groups -OCH3 is 1. The first-order valence-electron chi connectivity index (χ1n) is 11.1. The molecule has 0 bridgehead atoms. The van der Waals surface area contributed by atoms with Gasteiger partial charge in [0, 0.05) is 16.8 Å². The zero-order chi connectivity index (χ0) is 24.9. The Morgan fingerprint density at radius 3 is 2.11 bits per heavy atom. The van der Waals surface area contributed by atoms with E-state index in [1.807, 2.05) is 74.5 Å². The highest BCUT2D eigenvalue weighted by Crippen LogP contribution is 2.32. The lowest BCUT2D eigenvalue weighted by Gasteiger charge is -2.16. The molecule has 1 N–H and O–H groups in total. The molecule has 0 aliphatic carbocycles. The largest absolute Gasteiger partial charge is 0.465 e. The fourth-order valence-electron chi connectivity index (χ4n) is 3.81. The molecule has 1 amide bonds. The lowest BCUT2D eigenvalue weighted by Crippen LogP contribution is -2.34. The monoisotopic (exact) mass is 467 g/mol. The van der Waals surface area contributed by atoms with E-state index in [-0.39, 0.29) is 12.1 Å². The molecule has 0 atom stereocenters. The Hall–Kier alpha value is -4.52. The van der Waals surface area contributed by atoms with Gasteiger partial charge in [-0.3, -0.25) is 9.59 Å². The summed E-state index contributed by atoms with van der Waals surface area (Å²) < 4.78 is 5.98. The van der Waals surface area contributed by atoms with Gasteiger partial charge in [0.25, 0.3) is 5.56 Å². The van der Waals surface area contributed by atoms with Gasteiger partial charge in [0.05, 0.1) is 12.8 Å². The van der Waals surface area contributed by atoms with Crippen LogP contribution in [-0.4, -0.2) is 28.8 Å². The molecule has 0 aliphatic rings. The number of anilines is 1. The van der Waals surface area contributed by atoms with Gasteiger partial charge in [0.1, 0.15) is 12.1 Å². The molecule has 0 aliphatic heterocycles. The van der Waals surface area contributed by atoms with Crippen LogP contribution in [-0.2, 0) is 16.1 Å². The second kappa shape index (κ2) is 10.2. The quantitative estimate of drug-likeness (QED) is 0.418. The lowest BCUT2D eigenvalue weighted by molar-refractivity contribution is -0.117. The maximum absolute atomic E-state index is 13.5. The molecular formula is C28H25N3O4. The van der Waals surface area contributed by atoms with Crippen molar-refractivity contribution in [2.75, 3.05) is 12.4 Å². The second-order valence-electron chi connectivity index (χ2n) is 8.13. The number of aryl methyl sites for hydroxylation is 2. The zero-order valence-corrected chi connectivity index (χ0v) is 19.7. The molecule has 1 heterocycles. The number of amides is 1. The van der Waals surface area contributed by atoms with E-state index < -0.39 is 17.4 Å². The Morgan fingerprint density at radius 1 is 0.886 bits per heavy atom. The third-order valence-corrected chi connectivity index (χ3v) is 5.74. The molecule has 4 rings (SSSR count). The van der Waals surface area contributed by atoms with Crippen LogP contribution in [0.2, 0.25) is 0 Å². The highest BCUT2D eigenvalue weighted by atomic mass is 16.5. The summed E-state index contributed by atoms with van der Waals surface area (Å²) >= 11 is 0. The van der Waals surface area contributed by atoms with Crippen LogP contribution in [0.5, 0.6) is 0 Å². The Labute approximate surface area is 203 Å². The Kier molecular flexibility index (Phi) is 6.87. The standard InChI is InChI=1S/C28H25N3O4/c1-18-14-15-22(16-19(18)2)29-23(32)17-31-27(33)25(28(34)35-3)24(20-10-6-4-7-11-20)26(30-31)21-12-8-5-9-13-21/h4-16H,17H2,1-3H3,(H,29,32). The van der Waals surface area contributed by atoms with Crippen LogP contribution in [0, 0.1) is 13.8 Å². The summed E-state index contributed by atoms with van der Waals surface area (Å²) in [5.41, 5.74) is 3.97. The summed E-state index contributed by atoms with van der Waals surface area (Å²) in [5.74, 6) is -1.23. The Morgan fingerprint density at radius 2 is 1.51 bits per heavy atom. The predicted molar refractivity (Wildman–Crippen MR) is 135 cm³/mol. The fourth-order valence-corrected chi connectivity index (χ4v) is 3.81. The van der Waals surface area contributed by atoms with E-state index in [0.717, 1.165) is 15.8 Å². The maximum atomic E-state index is 13.5. The maximum Gasteiger partial charge on any atom is 0.344 e. The molecule has 0 fully saturated rings. The summed E-state index contributed by atoms with van der Waals surface area (Å²) in [4.78, 5) is 39.2. The lowest BCUT2D eigenvalue weighted by atomic mass is 9.95. The van der Waals surface area contributed by atoms with E-state index in [2.05, 4.69) is 10.4 Å². The minimum Gasteiger partial charge on any atom is -0.465 e.